The van der Waals surface area contributed by atoms with Crippen molar-refractivity contribution in [3.63, 3.8) is 0 Å². The Morgan fingerprint density at radius 1 is 1.52 bits per heavy atom. The number of hydrogen-bond acceptors (Lipinski definition) is 7. The van der Waals surface area contributed by atoms with Crippen LogP contribution in [0, 0.1) is 0 Å². The van der Waals surface area contributed by atoms with Gasteiger partial charge in [-0.15, -0.1) is 10.2 Å². The van der Waals surface area contributed by atoms with E-state index in [0.717, 1.165) is 4.34 Å². The summed E-state index contributed by atoms with van der Waals surface area (Å²) in [6.07, 6.45) is 0.620. The van der Waals surface area contributed by atoms with Crippen molar-refractivity contribution < 1.29 is 14.3 Å². The van der Waals surface area contributed by atoms with Crippen LogP contribution in [0.5, 0.6) is 0 Å². The van der Waals surface area contributed by atoms with Gasteiger partial charge in [0, 0.05) is 11.4 Å². The SMILES string of the molecule is CCOC(=O)C1=C(CSc2nncs2)NC(=O)NC1CC. The Balaban J connectivity index is 2.22. The molecule has 1 atom stereocenters. The summed E-state index contributed by atoms with van der Waals surface area (Å²) in [7, 11) is 0. The van der Waals surface area contributed by atoms with Gasteiger partial charge in [0.05, 0.1) is 18.2 Å². The van der Waals surface area contributed by atoms with Crippen molar-refractivity contribution in [2.75, 3.05) is 12.4 Å². The van der Waals surface area contributed by atoms with E-state index >= 15 is 0 Å². The van der Waals surface area contributed by atoms with E-state index in [1.807, 2.05) is 6.92 Å². The fourth-order valence-corrected chi connectivity index (χ4v) is 3.39. The molecular weight excluding hydrogens is 312 g/mol. The maximum atomic E-state index is 12.1. The lowest BCUT2D eigenvalue weighted by Gasteiger charge is -2.28. The molecule has 1 aliphatic rings. The molecule has 0 aromatic carbocycles. The quantitative estimate of drug-likeness (QED) is 0.608. The summed E-state index contributed by atoms with van der Waals surface area (Å²) in [5.74, 6) is 0.0393. The second-order valence-electron chi connectivity index (χ2n) is 4.17. The van der Waals surface area contributed by atoms with Gasteiger partial charge in [-0.1, -0.05) is 30.0 Å². The first-order valence-electron chi connectivity index (χ1n) is 6.52. The predicted molar refractivity (Wildman–Crippen MR) is 80.0 cm³/mol. The van der Waals surface area contributed by atoms with Gasteiger partial charge >= 0.3 is 12.0 Å². The van der Waals surface area contributed by atoms with E-state index < -0.39 is 5.97 Å². The third-order valence-corrected chi connectivity index (χ3v) is 4.71. The summed E-state index contributed by atoms with van der Waals surface area (Å²) in [5, 5.41) is 13.1. The maximum Gasteiger partial charge on any atom is 0.337 e. The summed E-state index contributed by atoms with van der Waals surface area (Å²) in [4.78, 5) is 23.8. The van der Waals surface area contributed by atoms with Gasteiger partial charge in [0.25, 0.3) is 0 Å². The van der Waals surface area contributed by atoms with Crippen LogP contribution < -0.4 is 10.6 Å². The highest BCUT2D eigenvalue weighted by molar-refractivity contribution is 8.01. The number of hydrogen-bond donors (Lipinski definition) is 2. The normalized spacial score (nSPS) is 18.2. The molecule has 114 valence electrons. The number of urea groups is 1. The van der Waals surface area contributed by atoms with Gasteiger partial charge in [-0.05, 0) is 13.3 Å². The standard InChI is InChI=1S/C12H16N4O3S2/c1-3-7-9(10(17)19-4-2)8(15-11(18)14-7)5-20-12-16-13-6-21-12/h6-7H,3-5H2,1-2H3,(H2,14,15,18). The summed E-state index contributed by atoms with van der Waals surface area (Å²) in [5.41, 5.74) is 2.69. The first kappa shape index (κ1) is 15.8. The van der Waals surface area contributed by atoms with Gasteiger partial charge in [0.2, 0.25) is 0 Å². The van der Waals surface area contributed by atoms with Crippen LogP contribution >= 0.6 is 23.1 Å². The minimum Gasteiger partial charge on any atom is -0.463 e. The third-order valence-electron chi connectivity index (χ3n) is 2.83. The van der Waals surface area contributed by atoms with Crippen molar-refractivity contribution in [3.8, 4) is 0 Å². The second-order valence-corrected chi connectivity index (χ2v) is 6.22. The lowest BCUT2D eigenvalue weighted by atomic mass is 10.0. The molecule has 1 aliphatic heterocycles. The molecule has 0 bridgehead atoms. The number of nitrogens with one attached hydrogen (secondary N) is 2. The lowest BCUT2D eigenvalue weighted by Crippen LogP contribution is -2.50. The number of rotatable bonds is 6. The monoisotopic (exact) mass is 328 g/mol. The Morgan fingerprint density at radius 3 is 2.95 bits per heavy atom. The molecule has 1 aromatic heterocycles. The first-order chi connectivity index (χ1) is 10.2. The average molecular weight is 328 g/mol. The summed E-state index contributed by atoms with van der Waals surface area (Å²) < 4.78 is 5.88. The lowest BCUT2D eigenvalue weighted by molar-refractivity contribution is -0.139. The van der Waals surface area contributed by atoms with E-state index in [0.29, 0.717) is 30.1 Å². The molecule has 1 unspecified atom stereocenters. The molecule has 2 rings (SSSR count). The van der Waals surface area contributed by atoms with E-state index in [4.69, 9.17) is 4.74 Å². The predicted octanol–water partition coefficient (Wildman–Crippen LogP) is 1.54. The Labute approximate surface area is 130 Å². The number of nitrogens with zero attached hydrogens (tertiary/aromatic N) is 2. The van der Waals surface area contributed by atoms with Crippen LogP contribution in [0.2, 0.25) is 0 Å². The van der Waals surface area contributed by atoms with E-state index in [9.17, 15) is 9.59 Å². The highest BCUT2D eigenvalue weighted by Crippen LogP contribution is 2.25. The molecular formula is C12H16N4O3S2. The Bertz CT molecular complexity index is 545. The molecule has 21 heavy (non-hydrogen) atoms. The maximum absolute atomic E-state index is 12.1. The van der Waals surface area contributed by atoms with Crippen molar-refractivity contribution in [2.45, 2.75) is 30.6 Å². The van der Waals surface area contributed by atoms with Crippen LogP contribution in [0.15, 0.2) is 21.1 Å². The molecule has 7 nitrogen and oxygen atoms in total. The van der Waals surface area contributed by atoms with E-state index in [1.165, 1.54) is 23.1 Å². The highest BCUT2D eigenvalue weighted by atomic mass is 32.2. The van der Waals surface area contributed by atoms with Crippen LogP contribution in [0.3, 0.4) is 0 Å². The van der Waals surface area contributed by atoms with Crippen LogP contribution in [-0.2, 0) is 9.53 Å². The summed E-state index contributed by atoms with van der Waals surface area (Å²) >= 11 is 2.84. The molecule has 2 N–H and O–H groups in total. The van der Waals surface area contributed by atoms with Crippen molar-refractivity contribution in [1.82, 2.24) is 20.8 Å². The zero-order chi connectivity index (χ0) is 15.2. The van der Waals surface area contributed by atoms with Gasteiger partial charge in [0.1, 0.15) is 5.51 Å². The molecule has 0 aliphatic carbocycles. The smallest absolute Gasteiger partial charge is 0.337 e. The van der Waals surface area contributed by atoms with Crippen molar-refractivity contribution in [2.24, 2.45) is 0 Å². The first-order valence-corrected chi connectivity index (χ1v) is 8.38. The minimum atomic E-state index is -0.398. The number of thioether (sulfide) groups is 1. The molecule has 2 heterocycles. The Morgan fingerprint density at radius 2 is 2.33 bits per heavy atom. The molecule has 0 saturated carbocycles. The zero-order valence-corrected chi connectivity index (χ0v) is 13.3. The van der Waals surface area contributed by atoms with Gasteiger partial charge < -0.3 is 15.4 Å². The summed E-state index contributed by atoms with van der Waals surface area (Å²) in [6.45, 7) is 3.96. The fourth-order valence-electron chi connectivity index (χ4n) is 1.94. The van der Waals surface area contributed by atoms with Crippen molar-refractivity contribution >= 4 is 35.1 Å². The van der Waals surface area contributed by atoms with Crippen LogP contribution in [0.25, 0.3) is 0 Å². The molecule has 0 radical (unpaired) electrons. The molecule has 0 fully saturated rings. The van der Waals surface area contributed by atoms with Crippen molar-refractivity contribution in [1.29, 1.82) is 0 Å². The van der Waals surface area contributed by atoms with Gasteiger partial charge in [-0.3, -0.25) is 0 Å². The molecule has 0 saturated heterocycles. The minimum absolute atomic E-state index is 0.295. The van der Waals surface area contributed by atoms with E-state index in [2.05, 4.69) is 20.8 Å². The number of carbonyl (C=O) groups excluding carboxylic acids is 2. The zero-order valence-electron chi connectivity index (χ0n) is 11.7. The number of amides is 2. The second kappa shape index (κ2) is 7.41. The average Bonchev–Trinajstić information content (AvgIpc) is 2.97. The fraction of sp³-hybridized carbons (Fsp3) is 0.500. The highest BCUT2D eigenvalue weighted by Gasteiger charge is 2.31. The number of ether oxygens (including phenoxy) is 1. The molecule has 1 aromatic rings. The molecule has 9 heteroatoms. The third kappa shape index (κ3) is 3.94. The van der Waals surface area contributed by atoms with Crippen molar-refractivity contribution in [3.05, 3.63) is 16.8 Å². The summed E-state index contributed by atoms with van der Waals surface area (Å²) in [6, 6.07) is -0.634. The van der Waals surface area contributed by atoms with E-state index in [-0.39, 0.29) is 12.1 Å². The Hall–Kier alpha value is -1.61. The van der Waals surface area contributed by atoms with Crippen LogP contribution in [0.1, 0.15) is 20.3 Å². The number of carbonyl (C=O) groups is 2. The van der Waals surface area contributed by atoms with Gasteiger partial charge in [0.15, 0.2) is 4.34 Å². The Kier molecular flexibility index (Phi) is 5.57. The van der Waals surface area contributed by atoms with E-state index in [1.54, 1.807) is 12.4 Å². The van der Waals surface area contributed by atoms with Crippen LogP contribution in [0.4, 0.5) is 4.79 Å². The molecule has 2 amide bonds. The van der Waals surface area contributed by atoms with Crippen LogP contribution in [-0.4, -0.2) is 40.6 Å². The number of aromatic nitrogens is 2. The van der Waals surface area contributed by atoms with Gasteiger partial charge in [-0.2, -0.15) is 0 Å². The molecule has 0 spiro atoms. The topological polar surface area (TPSA) is 93.2 Å². The number of esters is 1. The van der Waals surface area contributed by atoms with Gasteiger partial charge in [-0.25, -0.2) is 9.59 Å². The largest absolute Gasteiger partial charge is 0.463 e.